The van der Waals surface area contributed by atoms with Crippen molar-refractivity contribution in [2.75, 3.05) is 19.0 Å². The van der Waals surface area contributed by atoms with Gasteiger partial charge in [-0.05, 0) is 20.3 Å². The summed E-state index contributed by atoms with van der Waals surface area (Å²) >= 11 is 0. The van der Waals surface area contributed by atoms with Gasteiger partial charge in [0.05, 0.1) is 0 Å². The third-order valence-electron chi connectivity index (χ3n) is 2.33. The van der Waals surface area contributed by atoms with E-state index in [4.69, 9.17) is 4.74 Å². The van der Waals surface area contributed by atoms with E-state index in [0.717, 1.165) is 30.2 Å². The molecule has 0 aliphatic rings. The molecule has 0 aliphatic heterocycles. The van der Waals surface area contributed by atoms with Crippen LogP contribution in [-0.4, -0.2) is 23.6 Å². The normalized spacial score (nSPS) is 12.5. The summed E-state index contributed by atoms with van der Waals surface area (Å²) in [7, 11) is 1.86. The quantitative estimate of drug-likeness (QED) is 0.805. The van der Waals surface area contributed by atoms with Crippen LogP contribution in [0.25, 0.3) is 0 Å². The second-order valence-corrected chi connectivity index (χ2v) is 3.74. The van der Waals surface area contributed by atoms with Crippen LogP contribution >= 0.6 is 0 Å². The Kier molecular flexibility index (Phi) is 5.19. The van der Waals surface area contributed by atoms with Gasteiger partial charge in [-0.2, -0.15) is 0 Å². The van der Waals surface area contributed by atoms with Gasteiger partial charge in [-0.1, -0.05) is 13.3 Å². The summed E-state index contributed by atoms with van der Waals surface area (Å²) in [4.78, 5) is 8.89. The maximum Gasteiger partial charge on any atom is 0.159 e. The fourth-order valence-electron chi connectivity index (χ4n) is 1.61. The predicted octanol–water partition coefficient (Wildman–Crippen LogP) is 2.70. The minimum atomic E-state index is 0.0157. The lowest BCUT2D eigenvalue weighted by molar-refractivity contribution is 0.0493. The number of nitrogens with one attached hydrogen (secondary N) is 1. The van der Waals surface area contributed by atoms with E-state index >= 15 is 0 Å². The average molecular weight is 223 g/mol. The Morgan fingerprint density at radius 2 is 2.12 bits per heavy atom. The van der Waals surface area contributed by atoms with Crippen molar-refractivity contribution in [2.24, 2.45) is 0 Å². The topological polar surface area (TPSA) is 47.0 Å². The van der Waals surface area contributed by atoms with Gasteiger partial charge in [0, 0.05) is 25.4 Å². The van der Waals surface area contributed by atoms with Crippen molar-refractivity contribution < 1.29 is 4.74 Å². The molecule has 1 atom stereocenters. The van der Waals surface area contributed by atoms with E-state index in [1.54, 1.807) is 0 Å². The predicted molar refractivity (Wildman–Crippen MR) is 65.6 cm³/mol. The van der Waals surface area contributed by atoms with E-state index in [1.165, 1.54) is 0 Å². The summed E-state index contributed by atoms with van der Waals surface area (Å²) in [5.41, 5.74) is 0.968. The Morgan fingerprint density at radius 3 is 2.69 bits per heavy atom. The highest BCUT2D eigenvalue weighted by atomic mass is 16.5. The van der Waals surface area contributed by atoms with E-state index in [0.29, 0.717) is 6.61 Å². The van der Waals surface area contributed by atoms with Gasteiger partial charge in [-0.15, -0.1) is 0 Å². The van der Waals surface area contributed by atoms with Crippen LogP contribution in [0.5, 0.6) is 0 Å². The van der Waals surface area contributed by atoms with Crippen molar-refractivity contribution in [3.8, 4) is 0 Å². The summed E-state index contributed by atoms with van der Waals surface area (Å²) in [6, 6.07) is 1.93. The van der Waals surface area contributed by atoms with Crippen molar-refractivity contribution in [2.45, 2.75) is 39.7 Å². The summed E-state index contributed by atoms with van der Waals surface area (Å²) in [6.45, 7) is 6.80. The zero-order valence-corrected chi connectivity index (χ0v) is 10.6. The lowest BCUT2D eigenvalue weighted by Crippen LogP contribution is -2.10. The molecule has 90 valence electrons. The van der Waals surface area contributed by atoms with Crippen LogP contribution in [0, 0.1) is 6.92 Å². The first-order chi connectivity index (χ1) is 7.71. The lowest BCUT2D eigenvalue weighted by atomic mass is 10.2. The van der Waals surface area contributed by atoms with E-state index in [9.17, 15) is 0 Å². The molecule has 16 heavy (non-hydrogen) atoms. The van der Waals surface area contributed by atoms with Gasteiger partial charge in [0.25, 0.3) is 0 Å². The fourth-order valence-corrected chi connectivity index (χ4v) is 1.61. The van der Waals surface area contributed by atoms with Crippen molar-refractivity contribution in [3.63, 3.8) is 0 Å². The molecular formula is C12H21N3O. The van der Waals surface area contributed by atoms with E-state index in [2.05, 4.69) is 22.2 Å². The minimum absolute atomic E-state index is 0.0157. The van der Waals surface area contributed by atoms with Crippen LogP contribution in [-0.2, 0) is 4.74 Å². The molecule has 0 radical (unpaired) electrons. The van der Waals surface area contributed by atoms with E-state index in [1.807, 2.05) is 27.0 Å². The number of anilines is 1. The highest BCUT2D eigenvalue weighted by Gasteiger charge is 2.14. The first-order valence-electron chi connectivity index (χ1n) is 5.86. The molecule has 0 saturated carbocycles. The average Bonchev–Trinajstić information content (AvgIpc) is 2.28. The summed E-state index contributed by atoms with van der Waals surface area (Å²) < 4.78 is 5.67. The number of hydrogen-bond acceptors (Lipinski definition) is 4. The molecule has 1 aromatic heterocycles. The first kappa shape index (κ1) is 12.9. The second kappa shape index (κ2) is 6.43. The van der Waals surface area contributed by atoms with Crippen molar-refractivity contribution in [1.29, 1.82) is 0 Å². The Bertz CT molecular complexity index is 322. The Morgan fingerprint density at radius 1 is 1.38 bits per heavy atom. The maximum absolute atomic E-state index is 5.67. The Balaban J connectivity index is 2.93. The molecule has 0 aromatic carbocycles. The molecule has 1 unspecified atom stereocenters. The highest BCUT2D eigenvalue weighted by Crippen LogP contribution is 2.21. The van der Waals surface area contributed by atoms with Crippen LogP contribution in [0.15, 0.2) is 6.07 Å². The first-order valence-corrected chi connectivity index (χ1v) is 5.86. The highest BCUT2D eigenvalue weighted by molar-refractivity contribution is 5.35. The lowest BCUT2D eigenvalue weighted by Gasteiger charge is -2.16. The molecule has 4 heteroatoms. The number of ether oxygens (including phenoxy) is 1. The molecule has 0 amide bonds. The van der Waals surface area contributed by atoms with Crippen molar-refractivity contribution in [3.05, 3.63) is 17.6 Å². The van der Waals surface area contributed by atoms with Crippen molar-refractivity contribution in [1.82, 2.24) is 9.97 Å². The molecule has 1 rings (SSSR count). The summed E-state index contributed by atoms with van der Waals surface area (Å²) in [5.74, 6) is 1.64. The largest absolute Gasteiger partial charge is 0.373 e. The molecule has 4 nitrogen and oxygen atoms in total. The van der Waals surface area contributed by atoms with Gasteiger partial charge >= 0.3 is 0 Å². The van der Waals surface area contributed by atoms with Gasteiger partial charge in [0.1, 0.15) is 11.9 Å². The summed E-state index contributed by atoms with van der Waals surface area (Å²) in [6.07, 6.45) is 2.04. The number of hydrogen-bond donors (Lipinski definition) is 1. The van der Waals surface area contributed by atoms with Crippen LogP contribution in [0.4, 0.5) is 5.82 Å². The Hall–Kier alpha value is -1.16. The number of aromatic nitrogens is 2. The van der Waals surface area contributed by atoms with Gasteiger partial charge in [0.15, 0.2) is 5.82 Å². The molecule has 0 spiro atoms. The molecule has 0 saturated heterocycles. The van der Waals surface area contributed by atoms with Crippen LogP contribution < -0.4 is 5.32 Å². The third kappa shape index (κ3) is 3.45. The number of nitrogens with zero attached hydrogens (tertiary/aromatic N) is 2. The SMILES string of the molecule is CCCC(OCC)c1nc(C)cc(NC)n1. The van der Waals surface area contributed by atoms with Gasteiger partial charge in [-0.3, -0.25) is 0 Å². The van der Waals surface area contributed by atoms with Gasteiger partial charge < -0.3 is 10.1 Å². The molecule has 1 aromatic rings. The third-order valence-corrected chi connectivity index (χ3v) is 2.33. The molecule has 0 bridgehead atoms. The van der Waals surface area contributed by atoms with E-state index < -0.39 is 0 Å². The van der Waals surface area contributed by atoms with Crippen LogP contribution in [0.1, 0.15) is 44.3 Å². The molecule has 1 N–H and O–H groups in total. The molecule has 0 aliphatic carbocycles. The van der Waals surface area contributed by atoms with Crippen LogP contribution in [0.2, 0.25) is 0 Å². The maximum atomic E-state index is 5.67. The minimum Gasteiger partial charge on any atom is -0.373 e. The number of rotatable bonds is 6. The van der Waals surface area contributed by atoms with Gasteiger partial charge in [-0.25, -0.2) is 9.97 Å². The molecule has 0 fully saturated rings. The van der Waals surface area contributed by atoms with Crippen LogP contribution in [0.3, 0.4) is 0 Å². The zero-order chi connectivity index (χ0) is 12.0. The molecule has 1 heterocycles. The smallest absolute Gasteiger partial charge is 0.159 e. The standard InChI is InChI=1S/C12H21N3O/c1-5-7-10(16-6-2)12-14-9(3)8-11(13-4)15-12/h8,10H,5-7H2,1-4H3,(H,13,14,15). The fraction of sp³-hybridized carbons (Fsp3) is 0.667. The Labute approximate surface area is 97.5 Å². The van der Waals surface area contributed by atoms with Gasteiger partial charge in [0.2, 0.25) is 0 Å². The monoisotopic (exact) mass is 223 g/mol. The molecular weight excluding hydrogens is 202 g/mol. The second-order valence-electron chi connectivity index (χ2n) is 3.74. The number of aryl methyl sites for hydroxylation is 1. The summed E-state index contributed by atoms with van der Waals surface area (Å²) in [5, 5.41) is 3.04. The zero-order valence-electron chi connectivity index (χ0n) is 10.6. The van der Waals surface area contributed by atoms with E-state index in [-0.39, 0.29) is 6.10 Å². The van der Waals surface area contributed by atoms with Crippen molar-refractivity contribution >= 4 is 5.82 Å².